The van der Waals surface area contributed by atoms with Crippen LogP contribution in [0.5, 0.6) is 0 Å². The molecular formula is C19H18BrFN2O2. The molecule has 2 aromatic rings. The smallest absolute Gasteiger partial charge is 0.256 e. The number of hydrogen-bond acceptors (Lipinski definition) is 2. The Morgan fingerprint density at radius 2 is 1.72 bits per heavy atom. The molecule has 0 spiro atoms. The highest BCUT2D eigenvalue weighted by molar-refractivity contribution is 9.10. The van der Waals surface area contributed by atoms with Crippen LogP contribution in [-0.2, 0) is 0 Å². The summed E-state index contributed by atoms with van der Waals surface area (Å²) < 4.78 is 13.9. The number of likely N-dealkylation sites (tertiary alicyclic amines) is 1. The van der Waals surface area contributed by atoms with Gasteiger partial charge in [-0.3, -0.25) is 9.59 Å². The molecule has 6 heteroatoms. The summed E-state index contributed by atoms with van der Waals surface area (Å²) in [5.74, 6) is -1.05. The fraction of sp³-hybridized carbons (Fsp3) is 0.263. The van der Waals surface area contributed by atoms with E-state index in [0.29, 0.717) is 15.7 Å². The second-order valence-electron chi connectivity index (χ2n) is 5.98. The zero-order chi connectivity index (χ0) is 17.8. The van der Waals surface area contributed by atoms with Gasteiger partial charge in [-0.25, -0.2) is 4.39 Å². The van der Waals surface area contributed by atoms with Gasteiger partial charge >= 0.3 is 0 Å². The Labute approximate surface area is 154 Å². The Morgan fingerprint density at radius 3 is 2.48 bits per heavy atom. The molecule has 3 rings (SSSR count). The van der Waals surface area contributed by atoms with Crippen LogP contribution >= 0.6 is 15.9 Å². The first-order valence-electron chi connectivity index (χ1n) is 8.21. The maximum atomic E-state index is 13.4. The van der Waals surface area contributed by atoms with E-state index in [4.69, 9.17) is 0 Å². The normalized spacial score (nSPS) is 14.2. The van der Waals surface area contributed by atoms with Crippen molar-refractivity contribution in [2.75, 3.05) is 18.4 Å². The van der Waals surface area contributed by atoms with Crippen molar-refractivity contribution in [1.29, 1.82) is 0 Å². The lowest BCUT2D eigenvalue weighted by atomic mass is 10.1. The van der Waals surface area contributed by atoms with E-state index in [-0.39, 0.29) is 11.5 Å². The van der Waals surface area contributed by atoms with Crippen LogP contribution in [-0.4, -0.2) is 29.8 Å². The van der Waals surface area contributed by atoms with Crippen LogP contribution in [0.1, 0.15) is 40.0 Å². The highest BCUT2D eigenvalue weighted by Gasteiger charge is 2.22. The lowest BCUT2D eigenvalue weighted by Gasteiger charge is -2.27. The molecule has 2 aromatic carbocycles. The number of carbonyl (C=O) groups is 2. The van der Waals surface area contributed by atoms with Crippen molar-refractivity contribution < 1.29 is 14.0 Å². The summed E-state index contributed by atoms with van der Waals surface area (Å²) in [4.78, 5) is 27.1. The van der Waals surface area contributed by atoms with Gasteiger partial charge in [0.1, 0.15) is 5.82 Å². The number of halogens is 2. The molecule has 1 aliphatic heterocycles. The van der Waals surface area contributed by atoms with E-state index in [0.717, 1.165) is 38.4 Å². The summed E-state index contributed by atoms with van der Waals surface area (Å²) in [5, 5.41) is 2.73. The van der Waals surface area contributed by atoms with Crippen molar-refractivity contribution in [3.05, 3.63) is 63.9 Å². The summed E-state index contributed by atoms with van der Waals surface area (Å²) >= 11 is 3.25. The Balaban J connectivity index is 1.84. The van der Waals surface area contributed by atoms with Gasteiger partial charge in [0.2, 0.25) is 0 Å². The summed E-state index contributed by atoms with van der Waals surface area (Å²) in [7, 11) is 0. The van der Waals surface area contributed by atoms with Crippen molar-refractivity contribution in [2.45, 2.75) is 19.3 Å². The molecule has 0 atom stereocenters. The molecule has 0 radical (unpaired) electrons. The lowest BCUT2D eigenvalue weighted by Crippen LogP contribution is -2.36. The summed E-state index contributed by atoms with van der Waals surface area (Å²) in [6.45, 7) is 1.47. The van der Waals surface area contributed by atoms with Crippen LogP contribution in [0.3, 0.4) is 0 Å². The van der Waals surface area contributed by atoms with Crippen molar-refractivity contribution in [1.82, 2.24) is 4.90 Å². The molecule has 0 saturated carbocycles. The van der Waals surface area contributed by atoms with Crippen LogP contribution in [0.4, 0.5) is 10.1 Å². The van der Waals surface area contributed by atoms with Crippen molar-refractivity contribution in [3.63, 3.8) is 0 Å². The van der Waals surface area contributed by atoms with Crippen molar-refractivity contribution >= 4 is 33.4 Å². The lowest BCUT2D eigenvalue weighted by molar-refractivity contribution is 0.0725. The number of amides is 2. The van der Waals surface area contributed by atoms with Crippen LogP contribution in [0, 0.1) is 5.82 Å². The molecule has 0 aromatic heterocycles. The fourth-order valence-electron chi connectivity index (χ4n) is 2.91. The zero-order valence-electron chi connectivity index (χ0n) is 13.6. The van der Waals surface area contributed by atoms with E-state index in [1.54, 1.807) is 24.3 Å². The standard InChI is InChI=1S/C19H18BrFN2O2/c20-16-9-8-13(21)12-15(16)18(24)22-17-7-3-2-6-14(17)19(25)23-10-4-1-5-11-23/h2-3,6-9,12H,1,4-5,10-11H2,(H,22,24). The van der Waals surface area contributed by atoms with Crippen LogP contribution in [0.15, 0.2) is 46.9 Å². The maximum Gasteiger partial charge on any atom is 0.256 e. The van der Waals surface area contributed by atoms with E-state index in [2.05, 4.69) is 21.2 Å². The minimum absolute atomic E-state index is 0.0890. The number of piperidine rings is 1. The third kappa shape index (κ3) is 4.07. The maximum absolute atomic E-state index is 13.4. The largest absolute Gasteiger partial charge is 0.339 e. The number of nitrogens with one attached hydrogen (secondary N) is 1. The minimum Gasteiger partial charge on any atom is -0.339 e. The molecule has 0 aliphatic carbocycles. The zero-order valence-corrected chi connectivity index (χ0v) is 15.2. The molecule has 0 bridgehead atoms. The molecule has 1 aliphatic rings. The molecule has 4 nitrogen and oxygen atoms in total. The first kappa shape index (κ1) is 17.6. The van der Waals surface area contributed by atoms with E-state index >= 15 is 0 Å². The molecule has 1 N–H and O–H groups in total. The Morgan fingerprint density at radius 1 is 1.00 bits per heavy atom. The first-order valence-corrected chi connectivity index (χ1v) is 9.00. The van der Waals surface area contributed by atoms with Gasteiger partial charge in [-0.15, -0.1) is 0 Å². The van der Waals surface area contributed by atoms with Gasteiger partial charge in [0.15, 0.2) is 0 Å². The van der Waals surface area contributed by atoms with Crippen LogP contribution < -0.4 is 5.32 Å². The molecule has 25 heavy (non-hydrogen) atoms. The van der Waals surface area contributed by atoms with Gasteiger partial charge in [0, 0.05) is 17.6 Å². The van der Waals surface area contributed by atoms with Crippen LogP contribution in [0.25, 0.3) is 0 Å². The number of carbonyl (C=O) groups excluding carboxylic acids is 2. The molecule has 130 valence electrons. The number of nitrogens with zero attached hydrogens (tertiary/aromatic N) is 1. The quantitative estimate of drug-likeness (QED) is 0.820. The predicted molar refractivity (Wildman–Crippen MR) is 98.2 cm³/mol. The number of para-hydroxylation sites is 1. The second-order valence-corrected chi connectivity index (χ2v) is 6.83. The first-order chi connectivity index (χ1) is 12.1. The van der Waals surface area contributed by atoms with Gasteiger partial charge in [0.25, 0.3) is 11.8 Å². The monoisotopic (exact) mass is 404 g/mol. The van der Waals surface area contributed by atoms with Gasteiger partial charge < -0.3 is 10.2 Å². The number of hydrogen-bond donors (Lipinski definition) is 1. The van der Waals surface area contributed by atoms with Gasteiger partial charge in [-0.2, -0.15) is 0 Å². The van der Waals surface area contributed by atoms with Crippen molar-refractivity contribution in [2.24, 2.45) is 0 Å². The molecule has 2 amide bonds. The molecule has 0 unspecified atom stereocenters. The minimum atomic E-state index is -0.494. The topological polar surface area (TPSA) is 49.4 Å². The van der Waals surface area contributed by atoms with E-state index < -0.39 is 11.7 Å². The molecule has 1 heterocycles. The number of rotatable bonds is 3. The number of anilines is 1. The Hall–Kier alpha value is -2.21. The highest BCUT2D eigenvalue weighted by Crippen LogP contribution is 2.23. The summed E-state index contributed by atoms with van der Waals surface area (Å²) in [5.41, 5.74) is 1.06. The molecular weight excluding hydrogens is 387 g/mol. The Bertz CT molecular complexity index is 804. The van der Waals surface area contributed by atoms with Crippen molar-refractivity contribution in [3.8, 4) is 0 Å². The Kier molecular flexibility index (Phi) is 5.48. The van der Waals surface area contributed by atoms with E-state index in [9.17, 15) is 14.0 Å². The van der Waals surface area contributed by atoms with Crippen LogP contribution in [0.2, 0.25) is 0 Å². The third-order valence-corrected chi connectivity index (χ3v) is 4.91. The molecule has 1 fully saturated rings. The fourth-order valence-corrected chi connectivity index (χ4v) is 3.33. The average molecular weight is 405 g/mol. The average Bonchev–Trinajstić information content (AvgIpc) is 2.64. The molecule has 1 saturated heterocycles. The highest BCUT2D eigenvalue weighted by atomic mass is 79.9. The predicted octanol–water partition coefficient (Wildman–Crippen LogP) is 4.47. The summed E-state index contributed by atoms with van der Waals surface area (Å²) in [6.07, 6.45) is 3.13. The third-order valence-electron chi connectivity index (χ3n) is 4.22. The van der Waals surface area contributed by atoms with E-state index in [1.165, 1.54) is 12.1 Å². The number of benzene rings is 2. The summed E-state index contributed by atoms with van der Waals surface area (Å²) in [6, 6.07) is 10.8. The van der Waals surface area contributed by atoms with Gasteiger partial charge in [0.05, 0.1) is 16.8 Å². The van der Waals surface area contributed by atoms with E-state index in [1.807, 2.05) is 4.90 Å². The van der Waals surface area contributed by atoms with Gasteiger partial charge in [-0.05, 0) is 65.5 Å². The SMILES string of the molecule is O=C(Nc1ccccc1C(=O)N1CCCCC1)c1cc(F)ccc1Br. The van der Waals surface area contributed by atoms with Gasteiger partial charge in [-0.1, -0.05) is 12.1 Å². The second kappa shape index (κ2) is 7.78.